The Morgan fingerprint density at radius 1 is 1.33 bits per heavy atom. The number of anilines is 2. The number of methoxy groups -OCH3 is 1. The summed E-state index contributed by atoms with van der Waals surface area (Å²) in [5.74, 6) is -0.477. The highest BCUT2D eigenvalue weighted by Crippen LogP contribution is 2.19. The van der Waals surface area contributed by atoms with Crippen LogP contribution in [-0.4, -0.2) is 39.4 Å². The lowest BCUT2D eigenvalue weighted by molar-refractivity contribution is 0.0759. The average molecular weight is 253 g/mol. The molecule has 100 valence electrons. The van der Waals surface area contributed by atoms with E-state index in [1.54, 1.807) is 25.3 Å². The van der Waals surface area contributed by atoms with E-state index in [9.17, 15) is 4.79 Å². The van der Waals surface area contributed by atoms with Crippen molar-refractivity contribution in [3.05, 3.63) is 23.8 Å². The number of nitrogen functional groups attached to an aromatic ring is 1. The van der Waals surface area contributed by atoms with Gasteiger partial charge >= 0.3 is 0 Å². The SMILES string of the molecule is COCCOCCNc1cc(C(N)=O)ccc1N. The normalized spacial score (nSPS) is 10.3. The minimum Gasteiger partial charge on any atom is -0.397 e. The van der Waals surface area contributed by atoms with Crippen LogP contribution >= 0.6 is 0 Å². The molecule has 0 unspecified atom stereocenters. The third-order valence-electron chi connectivity index (χ3n) is 2.33. The predicted octanol–water partition coefficient (Wildman–Crippen LogP) is 0.443. The highest BCUT2D eigenvalue weighted by atomic mass is 16.5. The average Bonchev–Trinajstić information content (AvgIpc) is 2.35. The molecule has 1 rings (SSSR count). The lowest BCUT2D eigenvalue weighted by Gasteiger charge is -2.10. The molecular formula is C12H19N3O3. The minimum absolute atomic E-state index is 0.423. The van der Waals surface area contributed by atoms with E-state index in [4.69, 9.17) is 20.9 Å². The second-order valence-corrected chi connectivity index (χ2v) is 3.70. The van der Waals surface area contributed by atoms with Gasteiger partial charge in [-0.15, -0.1) is 0 Å². The molecule has 1 amide bonds. The topological polar surface area (TPSA) is 99.6 Å². The fraction of sp³-hybridized carbons (Fsp3) is 0.417. The van der Waals surface area contributed by atoms with Crippen LogP contribution in [0.15, 0.2) is 18.2 Å². The van der Waals surface area contributed by atoms with Gasteiger partial charge in [-0.1, -0.05) is 0 Å². The molecule has 0 aliphatic carbocycles. The van der Waals surface area contributed by atoms with Gasteiger partial charge in [-0.3, -0.25) is 4.79 Å². The number of carbonyl (C=O) groups is 1. The number of rotatable bonds is 8. The van der Waals surface area contributed by atoms with Gasteiger partial charge in [-0.2, -0.15) is 0 Å². The molecule has 0 fully saturated rings. The monoisotopic (exact) mass is 253 g/mol. The molecule has 0 saturated carbocycles. The fourth-order valence-electron chi connectivity index (χ4n) is 1.36. The van der Waals surface area contributed by atoms with Gasteiger partial charge in [0.1, 0.15) is 0 Å². The Kier molecular flexibility index (Phi) is 5.96. The summed E-state index contributed by atoms with van der Waals surface area (Å²) in [5, 5.41) is 3.09. The Labute approximate surface area is 106 Å². The summed E-state index contributed by atoms with van der Waals surface area (Å²) >= 11 is 0. The Balaban J connectivity index is 2.41. The second-order valence-electron chi connectivity index (χ2n) is 3.70. The standard InChI is InChI=1S/C12H19N3O3/c1-17-6-7-18-5-4-15-11-8-9(12(14)16)2-3-10(11)13/h2-3,8,15H,4-7,13H2,1H3,(H2,14,16). The smallest absolute Gasteiger partial charge is 0.248 e. The quantitative estimate of drug-likeness (QED) is 0.461. The number of nitrogens with one attached hydrogen (secondary N) is 1. The van der Waals surface area contributed by atoms with Crippen LogP contribution in [0.4, 0.5) is 11.4 Å². The van der Waals surface area contributed by atoms with Crippen LogP contribution in [0.3, 0.4) is 0 Å². The molecule has 0 aliphatic heterocycles. The van der Waals surface area contributed by atoms with Gasteiger partial charge in [-0.05, 0) is 18.2 Å². The first-order valence-electron chi connectivity index (χ1n) is 5.65. The summed E-state index contributed by atoms with van der Waals surface area (Å²) in [5.41, 5.74) is 12.6. The molecule has 6 nitrogen and oxygen atoms in total. The number of primary amides is 1. The largest absolute Gasteiger partial charge is 0.397 e. The van der Waals surface area contributed by atoms with Crippen LogP contribution in [0.5, 0.6) is 0 Å². The number of ether oxygens (including phenoxy) is 2. The van der Waals surface area contributed by atoms with E-state index in [0.29, 0.717) is 43.3 Å². The van der Waals surface area contributed by atoms with Gasteiger partial charge in [0.05, 0.1) is 31.2 Å². The van der Waals surface area contributed by atoms with Crippen molar-refractivity contribution in [3.63, 3.8) is 0 Å². The zero-order valence-corrected chi connectivity index (χ0v) is 10.4. The molecule has 18 heavy (non-hydrogen) atoms. The molecule has 5 N–H and O–H groups in total. The van der Waals surface area contributed by atoms with Crippen molar-refractivity contribution in [2.75, 3.05) is 44.5 Å². The van der Waals surface area contributed by atoms with E-state index >= 15 is 0 Å². The number of benzene rings is 1. The van der Waals surface area contributed by atoms with Crippen molar-refractivity contribution in [2.45, 2.75) is 0 Å². The second kappa shape index (κ2) is 7.52. The van der Waals surface area contributed by atoms with Crippen molar-refractivity contribution in [3.8, 4) is 0 Å². The van der Waals surface area contributed by atoms with Crippen LogP contribution in [0.1, 0.15) is 10.4 Å². The van der Waals surface area contributed by atoms with E-state index < -0.39 is 5.91 Å². The first kappa shape index (κ1) is 14.3. The molecule has 0 spiro atoms. The Morgan fingerprint density at radius 3 is 2.78 bits per heavy atom. The number of hydrogen-bond acceptors (Lipinski definition) is 5. The predicted molar refractivity (Wildman–Crippen MR) is 70.6 cm³/mol. The zero-order chi connectivity index (χ0) is 13.4. The van der Waals surface area contributed by atoms with E-state index in [0.717, 1.165) is 0 Å². The van der Waals surface area contributed by atoms with Crippen molar-refractivity contribution in [1.29, 1.82) is 0 Å². The molecule has 1 aromatic rings. The maximum Gasteiger partial charge on any atom is 0.248 e. The lowest BCUT2D eigenvalue weighted by Crippen LogP contribution is -2.15. The minimum atomic E-state index is -0.477. The van der Waals surface area contributed by atoms with Gasteiger partial charge in [0.2, 0.25) is 5.91 Å². The van der Waals surface area contributed by atoms with Crippen LogP contribution in [-0.2, 0) is 9.47 Å². The maximum absolute atomic E-state index is 11.0. The van der Waals surface area contributed by atoms with Crippen LogP contribution in [0, 0.1) is 0 Å². The summed E-state index contributed by atoms with van der Waals surface area (Å²) in [4.78, 5) is 11.0. The Hall–Kier alpha value is -1.79. The van der Waals surface area contributed by atoms with Gasteiger partial charge in [0, 0.05) is 19.2 Å². The van der Waals surface area contributed by atoms with Crippen LogP contribution in [0.2, 0.25) is 0 Å². The highest BCUT2D eigenvalue weighted by Gasteiger charge is 2.04. The summed E-state index contributed by atoms with van der Waals surface area (Å²) in [6.07, 6.45) is 0. The van der Waals surface area contributed by atoms with E-state index in [2.05, 4.69) is 5.32 Å². The highest BCUT2D eigenvalue weighted by molar-refractivity contribution is 5.94. The van der Waals surface area contributed by atoms with Crippen molar-refractivity contribution in [1.82, 2.24) is 0 Å². The number of carbonyl (C=O) groups excluding carboxylic acids is 1. The molecule has 0 aliphatic rings. The van der Waals surface area contributed by atoms with E-state index in [1.807, 2.05) is 0 Å². The molecule has 0 heterocycles. The van der Waals surface area contributed by atoms with Gasteiger partial charge < -0.3 is 26.3 Å². The Morgan fingerprint density at radius 2 is 2.11 bits per heavy atom. The Bertz CT molecular complexity index is 396. The van der Waals surface area contributed by atoms with Crippen LogP contribution in [0.25, 0.3) is 0 Å². The maximum atomic E-state index is 11.0. The first-order valence-corrected chi connectivity index (χ1v) is 5.65. The number of nitrogens with two attached hydrogens (primary N) is 2. The summed E-state index contributed by atoms with van der Waals surface area (Å²) in [7, 11) is 1.62. The zero-order valence-electron chi connectivity index (χ0n) is 10.4. The van der Waals surface area contributed by atoms with E-state index in [-0.39, 0.29) is 0 Å². The van der Waals surface area contributed by atoms with Gasteiger partial charge in [-0.25, -0.2) is 0 Å². The molecule has 0 saturated heterocycles. The fourth-order valence-corrected chi connectivity index (χ4v) is 1.36. The van der Waals surface area contributed by atoms with Crippen molar-refractivity contribution < 1.29 is 14.3 Å². The molecule has 0 radical (unpaired) electrons. The summed E-state index contributed by atoms with van der Waals surface area (Å²) in [6.45, 7) is 2.24. The number of hydrogen-bond donors (Lipinski definition) is 3. The van der Waals surface area contributed by atoms with Gasteiger partial charge in [0.15, 0.2) is 0 Å². The first-order chi connectivity index (χ1) is 8.65. The van der Waals surface area contributed by atoms with Gasteiger partial charge in [0.25, 0.3) is 0 Å². The molecule has 0 atom stereocenters. The molecule has 6 heteroatoms. The summed E-state index contributed by atoms with van der Waals surface area (Å²) in [6, 6.07) is 4.87. The molecular weight excluding hydrogens is 234 g/mol. The number of amides is 1. The molecule has 1 aromatic carbocycles. The third-order valence-corrected chi connectivity index (χ3v) is 2.33. The molecule has 0 bridgehead atoms. The van der Waals surface area contributed by atoms with Crippen molar-refractivity contribution in [2.24, 2.45) is 5.73 Å². The van der Waals surface area contributed by atoms with Crippen molar-refractivity contribution >= 4 is 17.3 Å². The summed E-state index contributed by atoms with van der Waals surface area (Å²) < 4.78 is 10.1. The van der Waals surface area contributed by atoms with E-state index in [1.165, 1.54) is 0 Å². The van der Waals surface area contributed by atoms with Crippen LogP contribution < -0.4 is 16.8 Å². The third kappa shape index (κ3) is 4.60. The lowest BCUT2D eigenvalue weighted by atomic mass is 10.1. The molecule has 0 aromatic heterocycles.